The first-order valence-corrected chi connectivity index (χ1v) is 8.30. The number of carbonyl (C=O) groups is 1. The number of nitrogens with one attached hydrogen (secondary N) is 1. The first-order valence-electron chi connectivity index (χ1n) is 7.57. The van der Waals surface area contributed by atoms with E-state index in [1.165, 1.54) is 24.6 Å². The summed E-state index contributed by atoms with van der Waals surface area (Å²) in [6.45, 7) is 2.91. The third-order valence-corrected chi connectivity index (χ3v) is 5.72. The summed E-state index contributed by atoms with van der Waals surface area (Å²) in [6.07, 6.45) is 7.82. The molecule has 5 nitrogen and oxygen atoms in total. The van der Waals surface area contributed by atoms with Gasteiger partial charge in [0.25, 0.3) is 0 Å². The highest BCUT2D eigenvalue weighted by atomic mass is 32.1. The van der Waals surface area contributed by atoms with Crippen LogP contribution < -0.4 is 10.2 Å². The number of carbonyl (C=O) groups excluding carboxylic acids is 1. The van der Waals surface area contributed by atoms with Gasteiger partial charge in [0.05, 0.1) is 17.9 Å². The van der Waals surface area contributed by atoms with E-state index in [2.05, 4.69) is 19.0 Å². The van der Waals surface area contributed by atoms with Gasteiger partial charge in [-0.05, 0) is 43.4 Å². The fraction of sp³-hybridized carbons (Fsp3) is 0.786. The monoisotopic (exact) mass is 292 g/mol. The van der Waals surface area contributed by atoms with Crippen LogP contribution in [0.5, 0.6) is 0 Å². The first kappa shape index (κ1) is 12.6. The Morgan fingerprint density at radius 1 is 1.45 bits per heavy atom. The van der Waals surface area contributed by atoms with E-state index in [4.69, 9.17) is 0 Å². The number of nitrogens with zero attached hydrogens (tertiary/aromatic N) is 3. The quantitative estimate of drug-likeness (QED) is 0.917. The first-order chi connectivity index (χ1) is 9.77. The van der Waals surface area contributed by atoms with Crippen LogP contribution in [0.3, 0.4) is 0 Å². The van der Waals surface area contributed by atoms with Crippen molar-refractivity contribution in [2.24, 2.45) is 17.3 Å². The summed E-state index contributed by atoms with van der Waals surface area (Å²) in [5, 5.41) is 3.18. The van der Waals surface area contributed by atoms with E-state index >= 15 is 0 Å². The molecule has 2 heterocycles. The third kappa shape index (κ3) is 2.30. The standard InChI is InChI=1S/C14H20N4OS/c19-13(11-7-14(11)3-4-14)15-8-10-1-5-18(6-2-10)12-9-16-20-17-12/h9-11H,1-8H2,(H,15,19)/t11-/m1/s1. The Morgan fingerprint density at radius 3 is 2.85 bits per heavy atom. The van der Waals surface area contributed by atoms with Gasteiger partial charge in [0.1, 0.15) is 0 Å². The van der Waals surface area contributed by atoms with Gasteiger partial charge in [0.2, 0.25) is 5.91 Å². The summed E-state index contributed by atoms with van der Waals surface area (Å²) in [4.78, 5) is 14.3. The Balaban J connectivity index is 1.21. The molecule has 1 saturated heterocycles. The minimum Gasteiger partial charge on any atom is -0.356 e. The van der Waals surface area contributed by atoms with Gasteiger partial charge >= 0.3 is 0 Å². The molecule has 1 atom stereocenters. The van der Waals surface area contributed by atoms with Crippen LogP contribution in [0.25, 0.3) is 0 Å². The minimum atomic E-state index is 0.314. The maximum absolute atomic E-state index is 12.0. The molecule has 1 aliphatic heterocycles. The maximum Gasteiger partial charge on any atom is 0.223 e. The molecule has 1 N–H and O–H groups in total. The van der Waals surface area contributed by atoms with Crippen molar-refractivity contribution in [1.29, 1.82) is 0 Å². The molecular formula is C14H20N4OS. The molecule has 1 spiro atoms. The molecule has 2 aliphatic carbocycles. The smallest absolute Gasteiger partial charge is 0.223 e. The van der Waals surface area contributed by atoms with Crippen molar-refractivity contribution in [3.05, 3.63) is 6.20 Å². The van der Waals surface area contributed by atoms with Crippen molar-refractivity contribution in [1.82, 2.24) is 14.1 Å². The normalized spacial score (nSPS) is 27.6. The van der Waals surface area contributed by atoms with Crippen LogP contribution in [0.4, 0.5) is 5.82 Å². The lowest BCUT2D eigenvalue weighted by atomic mass is 9.97. The molecule has 6 heteroatoms. The average Bonchev–Trinajstić information content (AvgIpc) is 3.35. The fourth-order valence-electron chi connectivity index (χ4n) is 3.46. The number of piperidine rings is 1. The topological polar surface area (TPSA) is 58.1 Å². The molecule has 0 bridgehead atoms. The molecule has 1 amide bonds. The molecule has 0 aromatic carbocycles. The summed E-state index contributed by atoms with van der Waals surface area (Å²) in [5.74, 6) is 2.29. The Hall–Kier alpha value is -1.17. The summed E-state index contributed by atoms with van der Waals surface area (Å²) in [6, 6.07) is 0. The molecule has 108 valence electrons. The van der Waals surface area contributed by atoms with Crippen molar-refractivity contribution < 1.29 is 4.79 Å². The van der Waals surface area contributed by atoms with Gasteiger partial charge in [0.15, 0.2) is 5.82 Å². The minimum absolute atomic E-state index is 0.314. The molecule has 1 aromatic heterocycles. The largest absolute Gasteiger partial charge is 0.356 e. The molecule has 0 radical (unpaired) electrons. The molecular weight excluding hydrogens is 272 g/mol. The van der Waals surface area contributed by atoms with E-state index < -0.39 is 0 Å². The lowest BCUT2D eigenvalue weighted by Gasteiger charge is -2.31. The van der Waals surface area contributed by atoms with E-state index in [9.17, 15) is 4.79 Å². The number of aromatic nitrogens is 2. The second-order valence-corrected chi connectivity index (χ2v) is 7.12. The summed E-state index contributed by atoms with van der Waals surface area (Å²) >= 11 is 1.27. The zero-order chi connectivity index (χ0) is 13.6. The summed E-state index contributed by atoms with van der Waals surface area (Å²) in [7, 11) is 0. The van der Waals surface area contributed by atoms with Gasteiger partial charge < -0.3 is 10.2 Å². The van der Waals surface area contributed by atoms with Crippen molar-refractivity contribution in [2.75, 3.05) is 24.5 Å². The Labute approximate surface area is 123 Å². The van der Waals surface area contributed by atoms with E-state index in [1.807, 2.05) is 6.20 Å². The number of hydrogen-bond donors (Lipinski definition) is 1. The Morgan fingerprint density at radius 2 is 2.25 bits per heavy atom. The zero-order valence-corrected chi connectivity index (χ0v) is 12.4. The van der Waals surface area contributed by atoms with E-state index in [1.54, 1.807) is 0 Å². The van der Waals surface area contributed by atoms with Crippen LogP contribution in [0.2, 0.25) is 0 Å². The molecule has 20 heavy (non-hydrogen) atoms. The van der Waals surface area contributed by atoms with Crippen LogP contribution >= 0.6 is 11.7 Å². The maximum atomic E-state index is 12.0. The van der Waals surface area contributed by atoms with E-state index in [0.29, 0.717) is 23.2 Å². The third-order valence-electron chi connectivity index (χ3n) is 5.25. The SMILES string of the molecule is O=C(NCC1CCN(c2cnsn2)CC1)[C@H]1CC12CC2. The van der Waals surface area contributed by atoms with E-state index in [0.717, 1.165) is 44.7 Å². The lowest BCUT2D eigenvalue weighted by molar-refractivity contribution is -0.122. The number of hydrogen-bond acceptors (Lipinski definition) is 5. The number of rotatable bonds is 4. The fourth-order valence-corrected chi connectivity index (χ4v) is 3.90. The van der Waals surface area contributed by atoms with Gasteiger partial charge in [-0.3, -0.25) is 4.79 Å². The zero-order valence-electron chi connectivity index (χ0n) is 11.5. The molecule has 3 fully saturated rings. The van der Waals surface area contributed by atoms with Gasteiger partial charge in [-0.15, -0.1) is 0 Å². The van der Waals surface area contributed by atoms with Gasteiger partial charge in [-0.25, -0.2) is 0 Å². The van der Waals surface area contributed by atoms with Crippen molar-refractivity contribution in [3.8, 4) is 0 Å². The Kier molecular flexibility index (Phi) is 2.94. The van der Waals surface area contributed by atoms with Crippen LogP contribution in [0, 0.1) is 17.3 Å². The van der Waals surface area contributed by atoms with Crippen LogP contribution in [0.15, 0.2) is 6.20 Å². The van der Waals surface area contributed by atoms with Gasteiger partial charge in [0, 0.05) is 25.6 Å². The predicted molar refractivity (Wildman–Crippen MR) is 77.6 cm³/mol. The number of anilines is 1. The molecule has 0 unspecified atom stereocenters. The Bertz CT molecular complexity index is 491. The summed E-state index contributed by atoms with van der Waals surface area (Å²) in [5.41, 5.74) is 0.477. The molecule has 3 aliphatic rings. The molecule has 2 saturated carbocycles. The van der Waals surface area contributed by atoms with Crippen molar-refractivity contribution in [2.45, 2.75) is 32.1 Å². The second kappa shape index (κ2) is 4.69. The summed E-state index contributed by atoms with van der Waals surface area (Å²) < 4.78 is 8.33. The van der Waals surface area contributed by atoms with Crippen LogP contribution in [0.1, 0.15) is 32.1 Å². The van der Waals surface area contributed by atoms with Crippen molar-refractivity contribution >= 4 is 23.5 Å². The van der Waals surface area contributed by atoms with Crippen molar-refractivity contribution in [3.63, 3.8) is 0 Å². The molecule has 1 aromatic rings. The number of amides is 1. The average molecular weight is 292 g/mol. The highest BCUT2D eigenvalue weighted by Gasteiger charge is 2.65. The van der Waals surface area contributed by atoms with Crippen LogP contribution in [-0.4, -0.2) is 34.3 Å². The second-order valence-electron chi connectivity index (χ2n) is 6.56. The lowest BCUT2D eigenvalue weighted by Crippen LogP contribution is -2.39. The highest BCUT2D eigenvalue weighted by molar-refractivity contribution is 6.99. The van der Waals surface area contributed by atoms with Gasteiger partial charge in [-0.1, -0.05) is 0 Å². The highest BCUT2D eigenvalue weighted by Crippen LogP contribution is 2.70. The van der Waals surface area contributed by atoms with Gasteiger partial charge in [-0.2, -0.15) is 8.75 Å². The van der Waals surface area contributed by atoms with Crippen LogP contribution in [-0.2, 0) is 4.79 Å². The predicted octanol–water partition coefficient (Wildman–Crippen LogP) is 1.67. The molecule has 4 rings (SSSR count). The van der Waals surface area contributed by atoms with E-state index in [-0.39, 0.29) is 0 Å².